The SMILES string of the molecule is CCOC(=O)C1=C(C)N=c2s/c(=C/c3ccc(OCC(=O)N4CCOCC4)c(OCC)c3)c(=O)n2[C@@H]1c1cccs1. The molecule has 216 valence electrons. The van der Waals surface area contributed by atoms with Crippen LogP contribution in [0, 0.1) is 0 Å². The Morgan fingerprint density at radius 2 is 1.93 bits per heavy atom. The van der Waals surface area contributed by atoms with Gasteiger partial charge >= 0.3 is 5.97 Å². The van der Waals surface area contributed by atoms with Gasteiger partial charge in [-0.25, -0.2) is 9.79 Å². The first-order valence-electron chi connectivity index (χ1n) is 13.4. The van der Waals surface area contributed by atoms with Gasteiger partial charge in [0.1, 0.15) is 6.04 Å². The van der Waals surface area contributed by atoms with Gasteiger partial charge in [-0.1, -0.05) is 23.5 Å². The minimum atomic E-state index is -0.619. The zero-order chi connectivity index (χ0) is 28.9. The summed E-state index contributed by atoms with van der Waals surface area (Å²) in [6.45, 7) is 8.02. The van der Waals surface area contributed by atoms with Crippen LogP contribution in [0.25, 0.3) is 6.08 Å². The minimum absolute atomic E-state index is 0.108. The number of benzene rings is 1. The van der Waals surface area contributed by atoms with E-state index in [9.17, 15) is 14.4 Å². The van der Waals surface area contributed by atoms with E-state index >= 15 is 0 Å². The second kappa shape index (κ2) is 12.8. The molecule has 1 atom stereocenters. The third-order valence-electron chi connectivity index (χ3n) is 6.61. The molecule has 1 aromatic carbocycles. The first kappa shape index (κ1) is 28.8. The van der Waals surface area contributed by atoms with E-state index in [4.69, 9.17) is 18.9 Å². The fourth-order valence-corrected chi connectivity index (χ4v) is 6.57. The van der Waals surface area contributed by atoms with Crippen LogP contribution in [-0.4, -0.2) is 67.5 Å². The normalized spacial score (nSPS) is 17.2. The van der Waals surface area contributed by atoms with Crippen LogP contribution in [0.15, 0.2) is 56.8 Å². The second-order valence-corrected chi connectivity index (χ2v) is 11.2. The topological polar surface area (TPSA) is 109 Å². The zero-order valence-corrected chi connectivity index (χ0v) is 24.7. The Labute approximate surface area is 244 Å². The summed E-state index contributed by atoms with van der Waals surface area (Å²) >= 11 is 2.72. The number of nitrogens with zero attached hydrogens (tertiary/aromatic N) is 3. The van der Waals surface area contributed by atoms with Gasteiger partial charge in [0.05, 0.1) is 42.2 Å². The molecule has 1 amide bonds. The number of fused-ring (bicyclic) bond motifs is 1. The molecule has 0 spiro atoms. The highest BCUT2D eigenvalue weighted by Crippen LogP contribution is 2.33. The molecule has 0 bridgehead atoms. The molecule has 4 heterocycles. The van der Waals surface area contributed by atoms with Crippen LogP contribution in [0.2, 0.25) is 0 Å². The van der Waals surface area contributed by atoms with Gasteiger partial charge in [-0.05, 0) is 56.0 Å². The number of amides is 1. The molecule has 41 heavy (non-hydrogen) atoms. The number of carbonyl (C=O) groups excluding carboxylic acids is 2. The lowest BCUT2D eigenvalue weighted by atomic mass is 10.0. The third-order valence-corrected chi connectivity index (χ3v) is 8.52. The maximum Gasteiger partial charge on any atom is 0.338 e. The van der Waals surface area contributed by atoms with Crippen molar-refractivity contribution in [1.29, 1.82) is 0 Å². The number of esters is 1. The monoisotopic (exact) mass is 597 g/mol. The highest BCUT2D eigenvalue weighted by Gasteiger charge is 2.33. The van der Waals surface area contributed by atoms with Crippen LogP contribution in [0.3, 0.4) is 0 Å². The van der Waals surface area contributed by atoms with Gasteiger partial charge in [-0.15, -0.1) is 11.3 Å². The smallest absolute Gasteiger partial charge is 0.338 e. The summed E-state index contributed by atoms with van der Waals surface area (Å²) in [6.07, 6.45) is 1.77. The Balaban J connectivity index is 1.47. The molecule has 0 radical (unpaired) electrons. The quantitative estimate of drug-likeness (QED) is 0.349. The van der Waals surface area contributed by atoms with E-state index in [0.29, 0.717) is 65.0 Å². The lowest BCUT2D eigenvalue weighted by molar-refractivity contribution is -0.139. The predicted molar refractivity (Wildman–Crippen MR) is 155 cm³/mol. The maximum absolute atomic E-state index is 13.8. The molecule has 0 saturated carbocycles. The summed E-state index contributed by atoms with van der Waals surface area (Å²) in [4.78, 5) is 46.9. The third kappa shape index (κ3) is 6.14. The fraction of sp³-hybridized carbons (Fsp3) is 0.379. The van der Waals surface area contributed by atoms with Gasteiger partial charge < -0.3 is 23.8 Å². The van der Waals surface area contributed by atoms with E-state index in [2.05, 4.69) is 4.99 Å². The van der Waals surface area contributed by atoms with E-state index in [1.807, 2.05) is 24.4 Å². The van der Waals surface area contributed by atoms with Gasteiger partial charge in [0, 0.05) is 18.0 Å². The highest BCUT2D eigenvalue weighted by molar-refractivity contribution is 7.10. The number of thiazole rings is 1. The fourth-order valence-electron chi connectivity index (χ4n) is 4.70. The number of rotatable bonds is 9. The number of hydrogen-bond acceptors (Lipinski definition) is 10. The molecule has 0 aliphatic carbocycles. The molecule has 2 aromatic heterocycles. The molecule has 12 heteroatoms. The van der Waals surface area contributed by atoms with Gasteiger partial charge in [0.15, 0.2) is 22.9 Å². The largest absolute Gasteiger partial charge is 0.490 e. The molecular formula is C29H31N3O7S2. The standard InChI is InChI=1S/C29H31N3O7S2/c1-4-37-21-15-19(8-9-20(21)39-17-24(33)31-10-12-36-13-11-31)16-23-27(34)32-26(22-7-6-14-40-22)25(28(35)38-5-2)18(3)30-29(32)41-23/h6-9,14-16,26H,4-5,10-13,17H2,1-3H3/b23-16+/t26-/m1/s1. The average molecular weight is 598 g/mol. The molecular weight excluding hydrogens is 566 g/mol. The Bertz CT molecular complexity index is 1630. The first-order chi connectivity index (χ1) is 19.9. The van der Waals surface area contributed by atoms with Gasteiger partial charge in [0.2, 0.25) is 0 Å². The van der Waals surface area contributed by atoms with Crippen molar-refractivity contribution < 1.29 is 28.5 Å². The van der Waals surface area contributed by atoms with Crippen LogP contribution in [-0.2, 0) is 19.1 Å². The molecule has 1 saturated heterocycles. The molecule has 0 unspecified atom stereocenters. The Hall–Kier alpha value is -3.74. The molecule has 3 aromatic rings. The van der Waals surface area contributed by atoms with Crippen LogP contribution in [0.4, 0.5) is 0 Å². The van der Waals surface area contributed by atoms with Gasteiger partial charge in [-0.2, -0.15) is 0 Å². The van der Waals surface area contributed by atoms with Crippen molar-refractivity contribution in [3.05, 3.63) is 77.1 Å². The Kier molecular flexibility index (Phi) is 9.01. The van der Waals surface area contributed by atoms with Crippen molar-refractivity contribution in [3.63, 3.8) is 0 Å². The van der Waals surface area contributed by atoms with Crippen LogP contribution in [0.5, 0.6) is 11.5 Å². The summed E-state index contributed by atoms with van der Waals surface area (Å²) in [5, 5.41) is 1.91. The van der Waals surface area contributed by atoms with Crippen molar-refractivity contribution in [2.45, 2.75) is 26.8 Å². The summed E-state index contributed by atoms with van der Waals surface area (Å²) in [5.41, 5.74) is 1.36. The summed E-state index contributed by atoms with van der Waals surface area (Å²) in [7, 11) is 0. The van der Waals surface area contributed by atoms with Crippen LogP contribution >= 0.6 is 22.7 Å². The van der Waals surface area contributed by atoms with Crippen molar-refractivity contribution >= 4 is 40.6 Å². The number of carbonyl (C=O) groups is 2. The highest BCUT2D eigenvalue weighted by atomic mass is 32.1. The number of ether oxygens (including phenoxy) is 4. The van der Waals surface area contributed by atoms with E-state index in [1.54, 1.807) is 47.6 Å². The second-order valence-electron chi connectivity index (χ2n) is 9.24. The molecule has 5 rings (SSSR count). The average Bonchev–Trinajstić information content (AvgIpc) is 3.61. The number of allylic oxidation sites excluding steroid dienone is 1. The minimum Gasteiger partial charge on any atom is -0.490 e. The summed E-state index contributed by atoms with van der Waals surface area (Å²) < 4.78 is 24.3. The van der Waals surface area contributed by atoms with Crippen molar-refractivity contribution in [2.75, 3.05) is 46.1 Å². The predicted octanol–water partition coefficient (Wildman–Crippen LogP) is 2.50. The van der Waals surface area contributed by atoms with E-state index < -0.39 is 12.0 Å². The number of hydrogen-bond donors (Lipinski definition) is 0. The Morgan fingerprint density at radius 1 is 1.12 bits per heavy atom. The molecule has 10 nitrogen and oxygen atoms in total. The van der Waals surface area contributed by atoms with E-state index in [0.717, 1.165) is 10.4 Å². The van der Waals surface area contributed by atoms with E-state index in [1.165, 1.54) is 22.7 Å². The van der Waals surface area contributed by atoms with Crippen LogP contribution in [0.1, 0.15) is 37.3 Å². The number of thiophene rings is 1. The number of aromatic nitrogens is 1. The zero-order valence-electron chi connectivity index (χ0n) is 23.1. The molecule has 0 N–H and O–H groups in total. The van der Waals surface area contributed by atoms with Crippen molar-refractivity contribution in [1.82, 2.24) is 9.47 Å². The van der Waals surface area contributed by atoms with Crippen molar-refractivity contribution in [3.8, 4) is 11.5 Å². The molecule has 2 aliphatic heterocycles. The summed E-state index contributed by atoms with van der Waals surface area (Å²) in [6, 6.07) is 8.50. The van der Waals surface area contributed by atoms with Gasteiger partial charge in [-0.3, -0.25) is 14.2 Å². The number of morpholine rings is 1. The summed E-state index contributed by atoms with van der Waals surface area (Å²) in [5.74, 6) is 0.323. The van der Waals surface area contributed by atoms with Crippen molar-refractivity contribution in [2.24, 2.45) is 4.99 Å². The van der Waals surface area contributed by atoms with Gasteiger partial charge in [0.25, 0.3) is 11.5 Å². The lowest BCUT2D eigenvalue weighted by Crippen LogP contribution is -2.43. The van der Waals surface area contributed by atoms with Crippen LogP contribution < -0.4 is 24.4 Å². The Morgan fingerprint density at radius 3 is 2.63 bits per heavy atom. The van der Waals surface area contributed by atoms with E-state index in [-0.39, 0.29) is 24.7 Å². The lowest BCUT2D eigenvalue weighted by Gasteiger charge is -2.26. The maximum atomic E-state index is 13.8. The molecule has 1 fully saturated rings. The molecule has 2 aliphatic rings. The first-order valence-corrected chi connectivity index (χ1v) is 15.1.